The standard InChI is InChI=1S/C16H19F2N/c1-15(2)5-7-16(11-19,8-6-15)10-12-3-4-13(17)9-14(12)18/h3-4,9H,5-8,10H2,1-2H3. The fraction of sp³-hybridized carbons (Fsp3) is 0.562. The molecule has 0 radical (unpaired) electrons. The van der Waals surface area contributed by atoms with Crippen LogP contribution in [0, 0.1) is 33.8 Å². The lowest BCUT2D eigenvalue weighted by Gasteiger charge is -2.39. The van der Waals surface area contributed by atoms with Gasteiger partial charge in [-0.3, -0.25) is 0 Å². The van der Waals surface area contributed by atoms with Crippen molar-refractivity contribution in [2.45, 2.75) is 46.0 Å². The van der Waals surface area contributed by atoms with Crippen LogP contribution in [0.4, 0.5) is 8.78 Å². The lowest BCUT2D eigenvalue weighted by atomic mass is 9.64. The summed E-state index contributed by atoms with van der Waals surface area (Å²) in [5, 5.41) is 9.47. The fourth-order valence-corrected chi connectivity index (χ4v) is 2.76. The summed E-state index contributed by atoms with van der Waals surface area (Å²) < 4.78 is 26.6. The van der Waals surface area contributed by atoms with Gasteiger partial charge in [-0.15, -0.1) is 0 Å². The average molecular weight is 263 g/mol. The zero-order valence-electron chi connectivity index (χ0n) is 11.5. The molecule has 0 unspecified atom stereocenters. The van der Waals surface area contributed by atoms with E-state index < -0.39 is 17.0 Å². The maximum Gasteiger partial charge on any atom is 0.129 e. The molecule has 0 atom stereocenters. The molecule has 0 N–H and O–H groups in total. The molecule has 2 rings (SSSR count). The lowest BCUT2D eigenvalue weighted by Crippen LogP contribution is -2.32. The average Bonchev–Trinajstić information content (AvgIpc) is 2.36. The Balaban J connectivity index is 2.18. The van der Waals surface area contributed by atoms with E-state index in [4.69, 9.17) is 0 Å². The summed E-state index contributed by atoms with van der Waals surface area (Å²) in [5.41, 5.74) is 0.221. The monoisotopic (exact) mass is 263 g/mol. The molecular weight excluding hydrogens is 244 g/mol. The fourth-order valence-electron chi connectivity index (χ4n) is 2.76. The van der Waals surface area contributed by atoms with Crippen LogP contribution in [0.3, 0.4) is 0 Å². The second-order valence-corrected chi connectivity index (χ2v) is 6.47. The first-order valence-electron chi connectivity index (χ1n) is 6.71. The Morgan fingerprint density at radius 3 is 2.32 bits per heavy atom. The van der Waals surface area contributed by atoms with Crippen LogP contribution in [0.2, 0.25) is 0 Å². The number of rotatable bonds is 2. The highest BCUT2D eigenvalue weighted by atomic mass is 19.1. The zero-order valence-corrected chi connectivity index (χ0v) is 11.5. The Morgan fingerprint density at radius 1 is 1.16 bits per heavy atom. The molecular formula is C16H19F2N. The van der Waals surface area contributed by atoms with Crippen molar-refractivity contribution in [2.75, 3.05) is 0 Å². The van der Waals surface area contributed by atoms with Gasteiger partial charge in [0.05, 0.1) is 11.5 Å². The van der Waals surface area contributed by atoms with Gasteiger partial charge >= 0.3 is 0 Å². The van der Waals surface area contributed by atoms with E-state index >= 15 is 0 Å². The molecule has 0 bridgehead atoms. The predicted molar refractivity (Wildman–Crippen MR) is 70.4 cm³/mol. The topological polar surface area (TPSA) is 23.8 Å². The summed E-state index contributed by atoms with van der Waals surface area (Å²) in [7, 11) is 0. The summed E-state index contributed by atoms with van der Waals surface area (Å²) in [5.74, 6) is -1.11. The van der Waals surface area contributed by atoms with E-state index in [9.17, 15) is 14.0 Å². The molecule has 1 nitrogen and oxygen atoms in total. The molecule has 1 aliphatic carbocycles. The number of nitriles is 1. The zero-order chi connectivity index (χ0) is 14.1. The van der Waals surface area contributed by atoms with E-state index in [1.165, 1.54) is 12.1 Å². The van der Waals surface area contributed by atoms with Crippen LogP contribution >= 0.6 is 0 Å². The third-order valence-electron chi connectivity index (χ3n) is 4.34. The van der Waals surface area contributed by atoms with Crippen LogP contribution in [-0.4, -0.2) is 0 Å². The molecule has 0 saturated heterocycles. The van der Waals surface area contributed by atoms with Gasteiger partial charge in [0.15, 0.2) is 0 Å². The van der Waals surface area contributed by atoms with Gasteiger partial charge in [-0.2, -0.15) is 5.26 Å². The summed E-state index contributed by atoms with van der Waals surface area (Å²) in [6.07, 6.45) is 3.90. The van der Waals surface area contributed by atoms with Crippen molar-refractivity contribution in [3.05, 3.63) is 35.4 Å². The van der Waals surface area contributed by atoms with E-state index in [1.807, 2.05) is 0 Å². The maximum atomic E-state index is 13.7. The van der Waals surface area contributed by atoms with Crippen molar-refractivity contribution in [1.82, 2.24) is 0 Å². The third kappa shape index (κ3) is 3.12. The molecule has 0 amide bonds. The molecule has 1 aromatic carbocycles. The molecule has 0 heterocycles. The summed E-state index contributed by atoms with van der Waals surface area (Å²) in [6, 6.07) is 6.00. The van der Waals surface area contributed by atoms with Crippen molar-refractivity contribution in [1.29, 1.82) is 5.26 Å². The number of halogens is 2. The van der Waals surface area contributed by atoms with Crippen LogP contribution in [-0.2, 0) is 6.42 Å². The van der Waals surface area contributed by atoms with Crippen molar-refractivity contribution < 1.29 is 8.78 Å². The molecule has 1 aromatic rings. The van der Waals surface area contributed by atoms with Gasteiger partial charge in [0.1, 0.15) is 11.6 Å². The molecule has 3 heteroatoms. The van der Waals surface area contributed by atoms with Gasteiger partial charge in [0, 0.05) is 6.07 Å². The van der Waals surface area contributed by atoms with E-state index in [-0.39, 0.29) is 5.41 Å². The van der Waals surface area contributed by atoms with Gasteiger partial charge in [-0.1, -0.05) is 19.9 Å². The first-order valence-corrected chi connectivity index (χ1v) is 6.71. The molecule has 1 aliphatic rings. The molecule has 0 spiro atoms. The first-order chi connectivity index (χ1) is 8.86. The number of nitrogens with zero attached hydrogens (tertiary/aromatic N) is 1. The van der Waals surface area contributed by atoms with Gasteiger partial charge in [0.2, 0.25) is 0 Å². The van der Waals surface area contributed by atoms with Gasteiger partial charge in [0.25, 0.3) is 0 Å². The highest BCUT2D eigenvalue weighted by Crippen LogP contribution is 2.46. The second kappa shape index (κ2) is 4.92. The SMILES string of the molecule is CC1(C)CCC(C#N)(Cc2ccc(F)cc2F)CC1. The second-order valence-electron chi connectivity index (χ2n) is 6.47. The quantitative estimate of drug-likeness (QED) is 0.764. The maximum absolute atomic E-state index is 13.7. The predicted octanol–water partition coefficient (Wildman–Crippen LogP) is 4.62. The number of hydrogen-bond donors (Lipinski definition) is 0. The van der Waals surface area contributed by atoms with Crippen LogP contribution < -0.4 is 0 Å². The highest BCUT2D eigenvalue weighted by molar-refractivity contribution is 5.22. The normalized spacial score (nSPS) is 20.8. The molecule has 102 valence electrons. The lowest BCUT2D eigenvalue weighted by molar-refractivity contribution is 0.145. The van der Waals surface area contributed by atoms with Crippen LogP contribution in [0.5, 0.6) is 0 Å². The highest BCUT2D eigenvalue weighted by Gasteiger charge is 2.39. The van der Waals surface area contributed by atoms with Crippen LogP contribution in [0.15, 0.2) is 18.2 Å². The summed E-state index contributed by atoms with van der Waals surface area (Å²) in [4.78, 5) is 0. The van der Waals surface area contributed by atoms with E-state index in [0.717, 1.165) is 31.7 Å². The first kappa shape index (κ1) is 14.0. The molecule has 0 aromatic heterocycles. The van der Waals surface area contributed by atoms with Gasteiger partial charge in [-0.05, 0) is 49.1 Å². The van der Waals surface area contributed by atoms with Gasteiger partial charge in [-0.25, -0.2) is 8.78 Å². The van der Waals surface area contributed by atoms with E-state index in [1.54, 1.807) is 0 Å². The van der Waals surface area contributed by atoms with Gasteiger partial charge < -0.3 is 0 Å². The Labute approximate surface area is 113 Å². The Kier molecular flexibility index (Phi) is 3.62. The van der Waals surface area contributed by atoms with Crippen molar-refractivity contribution in [3.8, 4) is 6.07 Å². The van der Waals surface area contributed by atoms with Crippen molar-refractivity contribution in [2.24, 2.45) is 10.8 Å². The van der Waals surface area contributed by atoms with Crippen molar-refractivity contribution in [3.63, 3.8) is 0 Å². The summed E-state index contributed by atoms with van der Waals surface area (Å²) in [6.45, 7) is 4.40. The third-order valence-corrected chi connectivity index (χ3v) is 4.34. The van der Waals surface area contributed by atoms with Crippen LogP contribution in [0.1, 0.15) is 45.1 Å². The minimum absolute atomic E-state index is 0.266. The number of hydrogen-bond acceptors (Lipinski definition) is 1. The number of benzene rings is 1. The minimum Gasteiger partial charge on any atom is -0.207 e. The van der Waals surface area contributed by atoms with E-state index in [2.05, 4.69) is 19.9 Å². The van der Waals surface area contributed by atoms with E-state index in [0.29, 0.717) is 12.0 Å². The molecule has 1 saturated carbocycles. The minimum atomic E-state index is -0.572. The Morgan fingerprint density at radius 2 is 1.79 bits per heavy atom. The largest absolute Gasteiger partial charge is 0.207 e. The smallest absolute Gasteiger partial charge is 0.129 e. The Hall–Kier alpha value is -1.43. The molecule has 1 fully saturated rings. The van der Waals surface area contributed by atoms with Crippen molar-refractivity contribution >= 4 is 0 Å². The van der Waals surface area contributed by atoms with Crippen LogP contribution in [0.25, 0.3) is 0 Å². The molecule has 19 heavy (non-hydrogen) atoms. The molecule has 0 aliphatic heterocycles. The summed E-state index contributed by atoms with van der Waals surface area (Å²) >= 11 is 0. The Bertz CT molecular complexity index is 504.